The Morgan fingerprint density at radius 1 is 1.50 bits per heavy atom. The Hall–Kier alpha value is -1.69. The molecule has 1 saturated heterocycles. The lowest BCUT2D eigenvalue weighted by Crippen LogP contribution is -2.51. The summed E-state index contributed by atoms with van der Waals surface area (Å²) in [6.45, 7) is 1.17. The lowest BCUT2D eigenvalue weighted by Gasteiger charge is -2.26. The fourth-order valence-electron chi connectivity index (χ4n) is 1.72. The van der Waals surface area contributed by atoms with E-state index in [2.05, 4.69) is 10.6 Å². The molecule has 18 heavy (non-hydrogen) atoms. The molecule has 0 aliphatic carbocycles. The zero-order valence-electron chi connectivity index (χ0n) is 10.1. The Morgan fingerprint density at radius 2 is 2.33 bits per heavy atom. The van der Waals surface area contributed by atoms with Crippen LogP contribution in [0.15, 0.2) is 29.2 Å². The van der Waals surface area contributed by atoms with Crippen molar-refractivity contribution in [1.29, 1.82) is 0 Å². The molecule has 0 radical (unpaired) electrons. The third-order valence-electron chi connectivity index (χ3n) is 2.65. The Kier molecular flexibility index (Phi) is 4.09. The SMILES string of the molecule is CSc1cccc(NC(=O)N2CCNC(=O)C2)c1. The molecule has 1 heterocycles. The maximum absolute atomic E-state index is 11.9. The van der Waals surface area contributed by atoms with Gasteiger partial charge in [0.2, 0.25) is 5.91 Å². The van der Waals surface area contributed by atoms with E-state index in [1.54, 1.807) is 11.8 Å². The average Bonchev–Trinajstić information content (AvgIpc) is 2.39. The van der Waals surface area contributed by atoms with E-state index < -0.39 is 0 Å². The molecule has 2 N–H and O–H groups in total. The third-order valence-corrected chi connectivity index (χ3v) is 3.37. The van der Waals surface area contributed by atoms with Gasteiger partial charge in [-0.1, -0.05) is 6.07 Å². The number of carbonyl (C=O) groups is 2. The summed E-state index contributed by atoms with van der Waals surface area (Å²) in [5.74, 6) is -0.116. The van der Waals surface area contributed by atoms with Gasteiger partial charge in [0.25, 0.3) is 0 Å². The molecule has 2 rings (SSSR count). The van der Waals surface area contributed by atoms with Crippen molar-refractivity contribution in [3.8, 4) is 0 Å². The summed E-state index contributed by atoms with van der Waals surface area (Å²) in [5.41, 5.74) is 0.748. The largest absolute Gasteiger partial charge is 0.353 e. The standard InChI is InChI=1S/C12H15N3O2S/c1-18-10-4-2-3-9(7-10)14-12(17)15-6-5-13-11(16)8-15/h2-4,7H,5-6,8H2,1H3,(H,13,16)(H,14,17). The van der Waals surface area contributed by atoms with Crippen LogP contribution < -0.4 is 10.6 Å². The number of amides is 3. The van der Waals surface area contributed by atoms with Crippen molar-refractivity contribution in [3.05, 3.63) is 24.3 Å². The highest BCUT2D eigenvalue weighted by Crippen LogP contribution is 2.19. The van der Waals surface area contributed by atoms with Crippen LogP contribution in [0.2, 0.25) is 0 Å². The molecule has 1 aromatic rings. The number of nitrogens with zero attached hydrogens (tertiary/aromatic N) is 1. The predicted octanol–water partition coefficient (Wildman–Crippen LogP) is 1.37. The average molecular weight is 265 g/mol. The van der Waals surface area contributed by atoms with Gasteiger partial charge in [-0.15, -0.1) is 11.8 Å². The molecule has 96 valence electrons. The van der Waals surface area contributed by atoms with E-state index in [1.807, 2.05) is 30.5 Å². The van der Waals surface area contributed by atoms with E-state index >= 15 is 0 Å². The first-order chi connectivity index (χ1) is 8.69. The van der Waals surface area contributed by atoms with Crippen molar-refractivity contribution >= 4 is 29.4 Å². The molecule has 0 saturated carbocycles. The first-order valence-electron chi connectivity index (χ1n) is 5.66. The van der Waals surface area contributed by atoms with E-state index in [4.69, 9.17) is 0 Å². The molecule has 1 aromatic carbocycles. The lowest BCUT2D eigenvalue weighted by atomic mass is 10.3. The number of hydrogen-bond donors (Lipinski definition) is 2. The number of carbonyl (C=O) groups excluding carboxylic acids is 2. The van der Waals surface area contributed by atoms with E-state index in [0.29, 0.717) is 13.1 Å². The van der Waals surface area contributed by atoms with Gasteiger partial charge in [-0.25, -0.2) is 4.79 Å². The molecule has 0 atom stereocenters. The van der Waals surface area contributed by atoms with Crippen molar-refractivity contribution in [2.75, 3.05) is 31.2 Å². The van der Waals surface area contributed by atoms with Crippen molar-refractivity contribution < 1.29 is 9.59 Å². The summed E-state index contributed by atoms with van der Waals surface area (Å²) in [5, 5.41) is 5.49. The fraction of sp³-hybridized carbons (Fsp3) is 0.333. The highest BCUT2D eigenvalue weighted by Gasteiger charge is 2.20. The van der Waals surface area contributed by atoms with Crippen molar-refractivity contribution in [2.24, 2.45) is 0 Å². The Bertz CT molecular complexity index is 464. The van der Waals surface area contributed by atoms with Crippen LogP contribution in [0.5, 0.6) is 0 Å². The molecule has 0 aromatic heterocycles. The molecule has 1 aliphatic heterocycles. The number of benzene rings is 1. The molecule has 0 bridgehead atoms. The van der Waals surface area contributed by atoms with Gasteiger partial charge >= 0.3 is 6.03 Å². The van der Waals surface area contributed by atoms with E-state index in [-0.39, 0.29) is 18.5 Å². The molecule has 1 aliphatic rings. The van der Waals surface area contributed by atoms with Crippen LogP contribution in [0.25, 0.3) is 0 Å². The summed E-state index contributed by atoms with van der Waals surface area (Å²) in [4.78, 5) is 25.7. The second kappa shape index (κ2) is 5.77. The summed E-state index contributed by atoms with van der Waals surface area (Å²) in [6, 6.07) is 7.39. The normalized spacial score (nSPS) is 15.2. The van der Waals surface area contributed by atoms with Gasteiger partial charge in [0.05, 0.1) is 0 Å². The zero-order valence-corrected chi connectivity index (χ0v) is 10.9. The molecule has 0 spiro atoms. The fourth-order valence-corrected chi connectivity index (χ4v) is 2.17. The number of hydrogen-bond acceptors (Lipinski definition) is 3. The minimum Gasteiger partial charge on any atom is -0.353 e. The smallest absolute Gasteiger partial charge is 0.322 e. The quantitative estimate of drug-likeness (QED) is 0.794. The van der Waals surface area contributed by atoms with Gasteiger partial charge in [0, 0.05) is 23.7 Å². The minimum absolute atomic E-state index is 0.116. The van der Waals surface area contributed by atoms with Crippen LogP contribution in [0.3, 0.4) is 0 Å². The molecule has 3 amide bonds. The molecule has 0 unspecified atom stereocenters. The number of thioether (sulfide) groups is 1. The van der Waals surface area contributed by atoms with E-state index in [9.17, 15) is 9.59 Å². The van der Waals surface area contributed by atoms with Crippen LogP contribution in [0.1, 0.15) is 0 Å². The van der Waals surface area contributed by atoms with Crippen LogP contribution in [-0.2, 0) is 4.79 Å². The Morgan fingerprint density at radius 3 is 3.06 bits per heavy atom. The van der Waals surface area contributed by atoms with Gasteiger partial charge in [-0.2, -0.15) is 0 Å². The van der Waals surface area contributed by atoms with Gasteiger partial charge < -0.3 is 15.5 Å². The van der Waals surface area contributed by atoms with Crippen molar-refractivity contribution in [2.45, 2.75) is 4.90 Å². The summed E-state index contributed by atoms with van der Waals surface area (Å²) in [7, 11) is 0. The first kappa shape index (κ1) is 12.8. The Balaban J connectivity index is 1.99. The second-order valence-corrected chi connectivity index (χ2v) is 4.81. The minimum atomic E-state index is -0.233. The molecular formula is C12H15N3O2S. The van der Waals surface area contributed by atoms with Crippen molar-refractivity contribution in [1.82, 2.24) is 10.2 Å². The summed E-state index contributed by atoms with van der Waals surface area (Å²) in [6.07, 6.45) is 1.98. The molecule has 6 heteroatoms. The highest BCUT2D eigenvalue weighted by molar-refractivity contribution is 7.98. The molecule has 5 nitrogen and oxygen atoms in total. The van der Waals surface area contributed by atoms with Gasteiger partial charge in [0.1, 0.15) is 6.54 Å². The number of urea groups is 1. The summed E-state index contributed by atoms with van der Waals surface area (Å²) >= 11 is 1.62. The third kappa shape index (κ3) is 3.16. The lowest BCUT2D eigenvalue weighted by molar-refractivity contribution is -0.123. The Labute approximate surface area is 110 Å². The number of piperazine rings is 1. The van der Waals surface area contributed by atoms with Crippen LogP contribution in [-0.4, -0.2) is 42.7 Å². The monoisotopic (exact) mass is 265 g/mol. The highest BCUT2D eigenvalue weighted by atomic mass is 32.2. The maximum atomic E-state index is 11.9. The number of nitrogens with one attached hydrogen (secondary N) is 2. The van der Waals surface area contributed by atoms with Gasteiger partial charge in [-0.05, 0) is 24.5 Å². The zero-order chi connectivity index (χ0) is 13.0. The van der Waals surface area contributed by atoms with Crippen LogP contribution in [0, 0.1) is 0 Å². The predicted molar refractivity (Wildman–Crippen MR) is 71.8 cm³/mol. The van der Waals surface area contributed by atoms with E-state index in [0.717, 1.165) is 10.6 Å². The number of anilines is 1. The first-order valence-corrected chi connectivity index (χ1v) is 6.88. The molecule has 1 fully saturated rings. The maximum Gasteiger partial charge on any atom is 0.322 e. The van der Waals surface area contributed by atoms with E-state index in [1.165, 1.54) is 4.90 Å². The van der Waals surface area contributed by atoms with Crippen molar-refractivity contribution in [3.63, 3.8) is 0 Å². The van der Waals surface area contributed by atoms with Crippen LogP contribution in [0.4, 0.5) is 10.5 Å². The van der Waals surface area contributed by atoms with Gasteiger partial charge in [0.15, 0.2) is 0 Å². The summed E-state index contributed by atoms with van der Waals surface area (Å²) < 4.78 is 0. The van der Waals surface area contributed by atoms with Crippen LogP contribution >= 0.6 is 11.8 Å². The molecular weight excluding hydrogens is 250 g/mol. The topological polar surface area (TPSA) is 61.4 Å². The van der Waals surface area contributed by atoms with Gasteiger partial charge in [-0.3, -0.25) is 4.79 Å². The second-order valence-electron chi connectivity index (χ2n) is 3.93. The number of rotatable bonds is 2.